The molecule has 0 bridgehead atoms. The summed E-state index contributed by atoms with van der Waals surface area (Å²) >= 11 is 0. The molecule has 1 amide bonds. The maximum Gasteiger partial charge on any atom is 0.229 e. The van der Waals surface area contributed by atoms with Crippen LogP contribution in [0.3, 0.4) is 0 Å². The maximum atomic E-state index is 12.4. The zero-order valence-corrected chi connectivity index (χ0v) is 10.6. The molecule has 2 fully saturated rings. The number of rotatable bonds is 2. The first-order valence-electron chi connectivity index (χ1n) is 6.19. The van der Waals surface area contributed by atoms with E-state index in [1.165, 1.54) is 0 Å². The van der Waals surface area contributed by atoms with Crippen LogP contribution in [0.15, 0.2) is 0 Å². The summed E-state index contributed by atoms with van der Waals surface area (Å²) in [5, 5.41) is 3.29. The summed E-state index contributed by atoms with van der Waals surface area (Å²) in [6, 6.07) is 0.543. The van der Waals surface area contributed by atoms with Gasteiger partial charge in [0.05, 0.1) is 5.41 Å². The van der Waals surface area contributed by atoms with Crippen LogP contribution in [0.25, 0.3) is 0 Å². The van der Waals surface area contributed by atoms with E-state index >= 15 is 0 Å². The van der Waals surface area contributed by atoms with Gasteiger partial charge in [0, 0.05) is 25.7 Å². The maximum absolute atomic E-state index is 12.4. The molecule has 0 aromatic carbocycles. The van der Waals surface area contributed by atoms with Gasteiger partial charge >= 0.3 is 0 Å². The van der Waals surface area contributed by atoms with E-state index in [4.69, 9.17) is 0 Å². The van der Waals surface area contributed by atoms with Gasteiger partial charge in [-0.1, -0.05) is 0 Å². The van der Waals surface area contributed by atoms with Gasteiger partial charge in [0.1, 0.15) is 0 Å². The fourth-order valence-corrected chi connectivity index (χ4v) is 2.73. The molecule has 2 aliphatic heterocycles. The molecule has 0 aromatic rings. The van der Waals surface area contributed by atoms with Crippen molar-refractivity contribution in [3.63, 3.8) is 0 Å². The van der Waals surface area contributed by atoms with Crippen LogP contribution >= 0.6 is 0 Å². The molecule has 4 heteroatoms. The molecule has 0 spiro atoms. The SMILES string of the molecule is CN(C)C1CCN(C(=O)C2(C)CCNC2)C1. The molecule has 2 atom stereocenters. The van der Waals surface area contributed by atoms with E-state index in [1.54, 1.807) is 0 Å². The topological polar surface area (TPSA) is 35.6 Å². The minimum Gasteiger partial charge on any atom is -0.341 e. The Morgan fingerprint density at radius 3 is 2.75 bits per heavy atom. The van der Waals surface area contributed by atoms with Gasteiger partial charge in [-0.15, -0.1) is 0 Å². The van der Waals surface area contributed by atoms with Gasteiger partial charge in [-0.3, -0.25) is 4.79 Å². The van der Waals surface area contributed by atoms with E-state index in [0.29, 0.717) is 11.9 Å². The van der Waals surface area contributed by atoms with Gasteiger partial charge in [-0.2, -0.15) is 0 Å². The summed E-state index contributed by atoms with van der Waals surface area (Å²) < 4.78 is 0. The van der Waals surface area contributed by atoms with Gasteiger partial charge in [-0.25, -0.2) is 0 Å². The largest absolute Gasteiger partial charge is 0.341 e. The average molecular weight is 225 g/mol. The molecule has 2 aliphatic rings. The Bertz CT molecular complexity index is 271. The highest BCUT2D eigenvalue weighted by Crippen LogP contribution is 2.29. The van der Waals surface area contributed by atoms with Gasteiger partial charge in [0.25, 0.3) is 0 Å². The Morgan fingerprint density at radius 1 is 1.50 bits per heavy atom. The van der Waals surface area contributed by atoms with Crippen LogP contribution in [0.2, 0.25) is 0 Å². The van der Waals surface area contributed by atoms with E-state index < -0.39 is 0 Å². The lowest BCUT2D eigenvalue weighted by Gasteiger charge is -2.28. The third-order valence-corrected chi connectivity index (χ3v) is 4.07. The minimum atomic E-state index is -0.152. The molecule has 2 rings (SSSR count). The van der Waals surface area contributed by atoms with Crippen LogP contribution in [-0.4, -0.2) is 62.0 Å². The minimum absolute atomic E-state index is 0.152. The zero-order valence-electron chi connectivity index (χ0n) is 10.6. The van der Waals surface area contributed by atoms with E-state index in [9.17, 15) is 4.79 Å². The quantitative estimate of drug-likeness (QED) is 0.726. The lowest BCUT2D eigenvalue weighted by atomic mass is 9.88. The van der Waals surface area contributed by atoms with Crippen LogP contribution in [0.1, 0.15) is 19.8 Å². The molecule has 2 unspecified atom stereocenters. The van der Waals surface area contributed by atoms with Crippen molar-refractivity contribution in [3.05, 3.63) is 0 Å². The van der Waals surface area contributed by atoms with Crippen molar-refractivity contribution < 1.29 is 4.79 Å². The van der Waals surface area contributed by atoms with Gasteiger partial charge in [0.15, 0.2) is 0 Å². The fourth-order valence-electron chi connectivity index (χ4n) is 2.73. The van der Waals surface area contributed by atoms with Crippen LogP contribution in [-0.2, 0) is 4.79 Å². The smallest absolute Gasteiger partial charge is 0.229 e. The highest BCUT2D eigenvalue weighted by molar-refractivity contribution is 5.83. The molecule has 2 saturated heterocycles. The summed E-state index contributed by atoms with van der Waals surface area (Å²) in [6.45, 7) is 5.75. The standard InChI is InChI=1S/C12H23N3O/c1-12(5-6-13-9-12)11(16)15-7-4-10(8-15)14(2)3/h10,13H,4-9H2,1-3H3. The van der Waals surface area contributed by atoms with Crippen molar-refractivity contribution in [1.82, 2.24) is 15.1 Å². The number of carbonyl (C=O) groups is 1. The monoisotopic (exact) mass is 225 g/mol. The molecule has 0 aromatic heterocycles. The molecule has 1 N–H and O–H groups in total. The Labute approximate surface area is 98.0 Å². The lowest BCUT2D eigenvalue weighted by Crippen LogP contribution is -2.43. The van der Waals surface area contributed by atoms with Gasteiger partial charge < -0.3 is 15.1 Å². The molecular weight excluding hydrogens is 202 g/mol. The van der Waals surface area contributed by atoms with Crippen LogP contribution in [0, 0.1) is 5.41 Å². The molecule has 16 heavy (non-hydrogen) atoms. The Morgan fingerprint density at radius 2 is 2.25 bits per heavy atom. The zero-order chi connectivity index (χ0) is 11.8. The fraction of sp³-hybridized carbons (Fsp3) is 0.917. The highest BCUT2D eigenvalue weighted by atomic mass is 16.2. The van der Waals surface area contributed by atoms with Crippen molar-refractivity contribution in [2.75, 3.05) is 40.3 Å². The van der Waals surface area contributed by atoms with Crippen LogP contribution < -0.4 is 5.32 Å². The number of nitrogens with zero attached hydrogens (tertiary/aromatic N) is 2. The van der Waals surface area contributed by atoms with Crippen molar-refractivity contribution in [2.24, 2.45) is 5.41 Å². The van der Waals surface area contributed by atoms with Crippen LogP contribution in [0.4, 0.5) is 0 Å². The Balaban J connectivity index is 1.96. The Kier molecular flexibility index (Phi) is 3.22. The molecule has 0 aliphatic carbocycles. The number of nitrogens with one attached hydrogen (secondary N) is 1. The number of hydrogen-bond acceptors (Lipinski definition) is 3. The summed E-state index contributed by atoms with van der Waals surface area (Å²) in [5.41, 5.74) is -0.152. The molecule has 4 nitrogen and oxygen atoms in total. The first-order chi connectivity index (χ1) is 7.53. The van der Waals surface area contributed by atoms with E-state index in [-0.39, 0.29) is 5.41 Å². The normalized spacial score (nSPS) is 35.0. The molecule has 0 radical (unpaired) electrons. The average Bonchev–Trinajstić information content (AvgIpc) is 2.85. The van der Waals surface area contributed by atoms with Crippen molar-refractivity contribution in [2.45, 2.75) is 25.8 Å². The number of hydrogen-bond donors (Lipinski definition) is 1. The summed E-state index contributed by atoms with van der Waals surface area (Å²) in [5.74, 6) is 0.349. The number of carbonyl (C=O) groups excluding carboxylic acids is 1. The summed E-state index contributed by atoms with van der Waals surface area (Å²) in [6.07, 6.45) is 2.09. The molecule has 2 heterocycles. The second kappa shape index (κ2) is 4.34. The van der Waals surface area contributed by atoms with Crippen LogP contribution in [0.5, 0.6) is 0 Å². The first kappa shape index (κ1) is 11.9. The number of likely N-dealkylation sites (tertiary alicyclic amines) is 1. The third kappa shape index (κ3) is 2.09. The molecule has 0 saturated carbocycles. The highest BCUT2D eigenvalue weighted by Gasteiger charge is 2.41. The summed E-state index contributed by atoms with van der Waals surface area (Å²) in [4.78, 5) is 16.7. The molecule has 92 valence electrons. The van der Waals surface area contributed by atoms with E-state index in [1.807, 2.05) is 0 Å². The van der Waals surface area contributed by atoms with Crippen molar-refractivity contribution in [3.8, 4) is 0 Å². The molecular formula is C12H23N3O. The summed E-state index contributed by atoms with van der Waals surface area (Å²) in [7, 11) is 4.19. The second-order valence-electron chi connectivity index (χ2n) is 5.64. The number of amides is 1. The predicted molar refractivity (Wildman–Crippen MR) is 64.3 cm³/mol. The predicted octanol–water partition coefficient (Wildman–Crippen LogP) is 0.149. The second-order valence-corrected chi connectivity index (χ2v) is 5.64. The van der Waals surface area contributed by atoms with Crippen molar-refractivity contribution in [1.29, 1.82) is 0 Å². The Hall–Kier alpha value is -0.610. The third-order valence-electron chi connectivity index (χ3n) is 4.07. The van der Waals surface area contributed by atoms with Crippen molar-refractivity contribution >= 4 is 5.91 Å². The van der Waals surface area contributed by atoms with Gasteiger partial charge in [0.2, 0.25) is 5.91 Å². The van der Waals surface area contributed by atoms with E-state index in [2.05, 4.69) is 36.1 Å². The number of likely N-dealkylation sites (N-methyl/N-ethyl adjacent to an activating group) is 1. The first-order valence-corrected chi connectivity index (χ1v) is 6.19. The van der Waals surface area contributed by atoms with Gasteiger partial charge in [-0.05, 0) is 40.4 Å². The van der Waals surface area contributed by atoms with E-state index in [0.717, 1.165) is 39.0 Å². The lowest BCUT2D eigenvalue weighted by molar-refractivity contribution is -0.139.